The van der Waals surface area contributed by atoms with Gasteiger partial charge in [-0.1, -0.05) is 31.5 Å². The molecule has 1 aliphatic carbocycles. The van der Waals surface area contributed by atoms with Gasteiger partial charge in [-0.15, -0.1) is 11.3 Å². The van der Waals surface area contributed by atoms with Gasteiger partial charge in [0.15, 0.2) is 0 Å². The zero-order valence-electron chi connectivity index (χ0n) is 13.4. The number of para-hydroxylation sites is 1. The first-order chi connectivity index (χ1) is 10.7. The number of rotatable bonds is 3. The van der Waals surface area contributed by atoms with Gasteiger partial charge < -0.3 is 5.32 Å². The first-order valence-electron chi connectivity index (χ1n) is 8.20. The third-order valence-corrected chi connectivity index (χ3v) is 5.68. The van der Waals surface area contributed by atoms with Gasteiger partial charge >= 0.3 is 0 Å². The molecule has 1 amide bonds. The normalized spacial score (nSPS) is 14.3. The number of thiophene rings is 1. The van der Waals surface area contributed by atoms with Crippen LogP contribution in [0.25, 0.3) is 0 Å². The molecule has 1 N–H and O–H groups in total. The van der Waals surface area contributed by atoms with Crippen LogP contribution < -0.4 is 5.32 Å². The van der Waals surface area contributed by atoms with Gasteiger partial charge in [-0.3, -0.25) is 4.79 Å². The molecule has 0 radical (unpaired) electrons. The molecule has 0 saturated heterocycles. The van der Waals surface area contributed by atoms with E-state index in [-0.39, 0.29) is 5.91 Å². The lowest BCUT2D eigenvalue weighted by Crippen LogP contribution is -2.13. The van der Waals surface area contributed by atoms with Crippen LogP contribution in [0, 0.1) is 6.92 Å². The van der Waals surface area contributed by atoms with Crippen molar-refractivity contribution in [2.45, 2.75) is 52.4 Å². The van der Waals surface area contributed by atoms with Crippen LogP contribution in [0.2, 0.25) is 0 Å². The molecule has 0 fully saturated rings. The summed E-state index contributed by atoms with van der Waals surface area (Å²) >= 11 is 1.68. The first-order valence-corrected chi connectivity index (χ1v) is 9.02. The van der Waals surface area contributed by atoms with Gasteiger partial charge in [-0.05, 0) is 61.8 Å². The Kier molecular flexibility index (Phi) is 4.63. The second-order valence-electron chi connectivity index (χ2n) is 6.04. The second-order valence-corrected chi connectivity index (χ2v) is 7.17. The number of hydrogen-bond acceptors (Lipinski definition) is 2. The predicted octanol–water partition coefficient (Wildman–Crippen LogP) is 5.14. The fraction of sp³-hybridized carbons (Fsp3) is 0.421. The number of amides is 1. The van der Waals surface area contributed by atoms with Gasteiger partial charge in [0.2, 0.25) is 0 Å². The maximum atomic E-state index is 12.6. The van der Waals surface area contributed by atoms with Crippen molar-refractivity contribution in [3.05, 3.63) is 50.7 Å². The molecule has 3 rings (SSSR count). The molecule has 0 spiro atoms. The molecule has 1 aromatic heterocycles. The Hall–Kier alpha value is -1.61. The average molecular weight is 313 g/mol. The number of hydrogen-bond donors (Lipinski definition) is 1. The van der Waals surface area contributed by atoms with E-state index in [4.69, 9.17) is 0 Å². The molecule has 1 aromatic carbocycles. The van der Waals surface area contributed by atoms with Crippen LogP contribution in [0.4, 0.5) is 5.69 Å². The van der Waals surface area contributed by atoms with Crippen LogP contribution in [0.3, 0.4) is 0 Å². The van der Waals surface area contributed by atoms with Crippen LogP contribution in [0.5, 0.6) is 0 Å². The number of aryl methyl sites for hydroxylation is 4. The summed E-state index contributed by atoms with van der Waals surface area (Å²) in [6.45, 7) is 4.18. The van der Waals surface area contributed by atoms with Gasteiger partial charge in [0.25, 0.3) is 5.91 Å². The van der Waals surface area contributed by atoms with E-state index >= 15 is 0 Å². The third-order valence-electron chi connectivity index (χ3n) is 4.45. The van der Waals surface area contributed by atoms with Gasteiger partial charge in [0.05, 0.1) is 4.88 Å². The van der Waals surface area contributed by atoms with E-state index in [1.165, 1.54) is 35.3 Å². The van der Waals surface area contributed by atoms with Crippen molar-refractivity contribution in [1.82, 2.24) is 0 Å². The quantitative estimate of drug-likeness (QED) is 0.781. The highest BCUT2D eigenvalue weighted by Gasteiger charge is 2.17. The van der Waals surface area contributed by atoms with Crippen molar-refractivity contribution >= 4 is 22.9 Å². The summed E-state index contributed by atoms with van der Waals surface area (Å²) in [6.07, 6.45) is 7.01. The number of benzene rings is 1. The van der Waals surface area contributed by atoms with Gasteiger partial charge in [0, 0.05) is 10.6 Å². The molecule has 1 heterocycles. The van der Waals surface area contributed by atoms with E-state index in [1.807, 2.05) is 0 Å². The standard InChI is InChI=1S/C19H23NOS/c1-3-14-10-7-8-13(2)18(14)20-19(21)17-12-15-9-5-4-6-11-16(15)22-17/h7-8,10,12H,3-6,9,11H2,1-2H3,(H,20,21). The second kappa shape index (κ2) is 6.66. The molecule has 3 heteroatoms. The van der Waals surface area contributed by atoms with Crippen molar-refractivity contribution in [3.8, 4) is 0 Å². The zero-order valence-corrected chi connectivity index (χ0v) is 14.2. The lowest BCUT2D eigenvalue weighted by Gasteiger charge is -2.12. The lowest BCUT2D eigenvalue weighted by atomic mass is 10.1. The molecular formula is C19H23NOS. The van der Waals surface area contributed by atoms with E-state index in [0.29, 0.717) is 0 Å². The fourth-order valence-electron chi connectivity index (χ4n) is 3.16. The molecule has 0 atom stereocenters. The number of fused-ring (bicyclic) bond motifs is 1. The minimum Gasteiger partial charge on any atom is -0.321 e. The lowest BCUT2D eigenvalue weighted by molar-refractivity contribution is 0.103. The van der Waals surface area contributed by atoms with Crippen molar-refractivity contribution in [1.29, 1.82) is 0 Å². The van der Waals surface area contributed by atoms with Crippen molar-refractivity contribution in [3.63, 3.8) is 0 Å². The molecule has 0 saturated carbocycles. The topological polar surface area (TPSA) is 29.1 Å². The molecule has 116 valence electrons. The summed E-state index contributed by atoms with van der Waals surface area (Å²) in [5.41, 5.74) is 4.71. The Bertz CT molecular complexity index is 663. The van der Waals surface area contributed by atoms with Crippen molar-refractivity contribution < 1.29 is 4.79 Å². The summed E-state index contributed by atoms with van der Waals surface area (Å²) in [5, 5.41) is 3.14. The highest BCUT2D eigenvalue weighted by atomic mass is 32.1. The summed E-state index contributed by atoms with van der Waals surface area (Å²) in [6, 6.07) is 8.31. The van der Waals surface area contributed by atoms with Crippen molar-refractivity contribution in [2.75, 3.05) is 5.32 Å². The van der Waals surface area contributed by atoms with Crippen LogP contribution in [0.1, 0.15) is 57.4 Å². The van der Waals surface area contributed by atoms with Gasteiger partial charge in [-0.2, -0.15) is 0 Å². The van der Waals surface area contributed by atoms with Gasteiger partial charge in [0.1, 0.15) is 0 Å². The Morgan fingerprint density at radius 2 is 2.05 bits per heavy atom. The Morgan fingerprint density at radius 1 is 1.23 bits per heavy atom. The molecule has 0 unspecified atom stereocenters. The largest absolute Gasteiger partial charge is 0.321 e. The fourth-order valence-corrected chi connectivity index (χ4v) is 4.31. The average Bonchev–Trinajstić information content (AvgIpc) is 2.80. The van der Waals surface area contributed by atoms with Gasteiger partial charge in [-0.25, -0.2) is 0 Å². The summed E-state index contributed by atoms with van der Waals surface area (Å²) in [4.78, 5) is 14.9. The first kappa shape index (κ1) is 15.3. The molecule has 2 aromatic rings. The molecule has 2 nitrogen and oxygen atoms in total. The monoisotopic (exact) mass is 313 g/mol. The number of nitrogens with one attached hydrogen (secondary N) is 1. The van der Waals surface area contributed by atoms with E-state index in [2.05, 4.69) is 43.4 Å². The molecule has 22 heavy (non-hydrogen) atoms. The van der Waals surface area contributed by atoms with Crippen LogP contribution in [0.15, 0.2) is 24.3 Å². The smallest absolute Gasteiger partial charge is 0.265 e. The van der Waals surface area contributed by atoms with E-state index in [9.17, 15) is 4.79 Å². The van der Waals surface area contributed by atoms with Crippen LogP contribution >= 0.6 is 11.3 Å². The minimum atomic E-state index is 0.0436. The highest BCUT2D eigenvalue weighted by molar-refractivity contribution is 7.14. The maximum absolute atomic E-state index is 12.6. The van der Waals surface area contributed by atoms with E-state index < -0.39 is 0 Å². The van der Waals surface area contributed by atoms with E-state index in [0.717, 1.165) is 35.4 Å². The number of anilines is 1. The third kappa shape index (κ3) is 3.09. The Labute approximate surface area is 136 Å². The Balaban J connectivity index is 1.84. The summed E-state index contributed by atoms with van der Waals surface area (Å²) in [5.74, 6) is 0.0436. The summed E-state index contributed by atoms with van der Waals surface area (Å²) < 4.78 is 0. The molecule has 0 aliphatic heterocycles. The van der Waals surface area contributed by atoms with E-state index in [1.54, 1.807) is 11.3 Å². The molecular weight excluding hydrogens is 290 g/mol. The zero-order chi connectivity index (χ0) is 15.5. The number of carbonyl (C=O) groups excluding carboxylic acids is 1. The minimum absolute atomic E-state index is 0.0436. The SMILES string of the molecule is CCc1cccc(C)c1NC(=O)c1cc2c(s1)CCCCC2. The van der Waals surface area contributed by atoms with Crippen LogP contribution in [-0.2, 0) is 19.3 Å². The predicted molar refractivity (Wildman–Crippen MR) is 94.1 cm³/mol. The number of carbonyl (C=O) groups is 1. The summed E-state index contributed by atoms with van der Waals surface area (Å²) in [7, 11) is 0. The van der Waals surface area contributed by atoms with Crippen molar-refractivity contribution in [2.24, 2.45) is 0 Å². The highest BCUT2D eigenvalue weighted by Crippen LogP contribution is 2.30. The van der Waals surface area contributed by atoms with Crippen LogP contribution in [-0.4, -0.2) is 5.91 Å². The molecule has 0 bridgehead atoms. The maximum Gasteiger partial charge on any atom is 0.265 e. The molecule has 1 aliphatic rings. The Morgan fingerprint density at radius 3 is 2.86 bits per heavy atom.